The molecule has 0 spiro atoms. The molecule has 4 rings (SSSR count). The van der Waals surface area contributed by atoms with Crippen LogP contribution in [0.15, 0.2) is 47.1 Å². The zero-order valence-corrected chi connectivity index (χ0v) is 14.9. The highest BCUT2D eigenvalue weighted by atomic mass is 19.1. The van der Waals surface area contributed by atoms with Gasteiger partial charge in [-0.3, -0.25) is 4.79 Å². The van der Waals surface area contributed by atoms with E-state index in [9.17, 15) is 9.18 Å². The lowest BCUT2D eigenvalue weighted by Crippen LogP contribution is -2.03. The zero-order chi connectivity index (χ0) is 18.8. The van der Waals surface area contributed by atoms with Gasteiger partial charge in [-0.15, -0.1) is 0 Å². The average molecular weight is 366 g/mol. The number of halogens is 1. The summed E-state index contributed by atoms with van der Waals surface area (Å²) < 4.78 is 24.5. The summed E-state index contributed by atoms with van der Waals surface area (Å²) in [5, 5.41) is 4.02. The Balaban J connectivity index is 1.46. The number of hydrogen-bond acceptors (Lipinski definition) is 5. The smallest absolute Gasteiger partial charge is 0.213 e. The van der Waals surface area contributed by atoms with E-state index in [1.165, 1.54) is 12.1 Å². The molecule has 3 aromatic rings. The van der Waals surface area contributed by atoms with Gasteiger partial charge in [-0.2, -0.15) is 0 Å². The second-order valence-electron chi connectivity index (χ2n) is 6.82. The molecule has 1 aromatic carbocycles. The van der Waals surface area contributed by atoms with Crippen LogP contribution in [0.2, 0.25) is 0 Å². The highest BCUT2D eigenvalue weighted by molar-refractivity contribution is 5.96. The van der Waals surface area contributed by atoms with Gasteiger partial charge >= 0.3 is 0 Å². The number of ether oxygens (including phenoxy) is 1. The second-order valence-corrected chi connectivity index (χ2v) is 6.82. The first kappa shape index (κ1) is 17.4. The molecule has 0 saturated heterocycles. The Morgan fingerprint density at radius 2 is 2.15 bits per heavy atom. The Morgan fingerprint density at radius 3 is 2.85 bits per heavy atom. The Hall–Kier alpha value is -3.02. The van der Waals surface area contributed by atoms with Crippen LogP contribution in [0.3, 0.4) is 0 Å². The molecule has 0 amide bonds. The van der Waals surface area contributed by atoms with Crippen LogP contribution in [-0.2, 0) is 6.61 Å². The maximum Gasteiger partial charge on any atom is 0.213 e. The highest BCUT2D eigenvalue weighted by Crippen LogP contribution is 2.33. The van der Waals surface area contributed by atoms with E-state index in [2.05, 4.69) is 10.1 Å². The third-order valence-electron chi connectivity index (χ3n) is 4.68. The van der Waals surface area contributed by atoms with Crippen molar-refractivity contribution in [3.8, 4) is 17.1 Å². The number of rotatable bonds is 7. The summed E-state index contributed by atoms with van der Waals surface area (Å²) in [6.07, 6.45) is 4.44. The summed E-state index contributed by atoms with van der Waals surface area (Å²) in [5.41, 5.74) is 2.51. The number of hydrogen-bond donors (Lipinski definition) is 0. The van der Waals surface area contributed by atoms with E-state index >= 15 is 0 Å². The topological polar surface area (TPSA) is 65.2 Å². The third kappa shape index (κ3) is 4.05. The molecule has 2 heterocycles. The van der Waals surface area contributed by atoms with E-state index in [0.29, 0.717) is 40.8 Å². The van der Waals surface area contributed by atoms with Crippen LogP contribution in [0.25, 0.3) is 11.3 Å². The van der Waals surface area contributed by atoms with Crippen molar-refractivity contribution in [2.24, 2.45) is 5.92 Å². The van der Waals surface area contributed by atoms with E-state index in [1.54, 1.807) is 37.4 Å². The fourth-order valence-electron chi connectivity index (χ4n) is 2.90. The Morgan fingerprint density at radius 1 is 1.30 bits per heavy atom. The predicted octanol–water partition coefficient (Wildman–Crippen LogP) is 4.75. The lowest BCUT2D eigenvalue weighted by Gasteiger charge is -2.07. The van der Waals surface area contributed by atoms with E-state index < -0.39 is 0 Å². The van der Waals surface area contributed by atoms with Gasteiger partial charge in [0, 0.05) is 29.8 Å². The number of Topliss-reactive ketones (excluding diaryl/α,β-unsaturated/α-hetero) is 1. The summed E-state index contributed by atoms with van der Waals surface area (Å²) in [6, 6.07) is 9.59. The number of pyridine rings is 1. The lowest BCUT2D eigenvalue weighted by atomic mass is 10.1. The number of benzene rings is 1. The molecule has 1 aliphatic carbocycles. The standard InChI is InChI=1S/C21H19FN2O3/c1-13-18(21(24-27-13)15-3-2-4-17(22)10-15)12-26-20-8-7-16(11-23-20)19(25)9-14-5-6-14/h2-4,7-8,10-11,14H,5-6,9,12H2,1H3. The van der Waals surface area contributed by atoms with Crippen LogP contribution in [0, 0.1) is 18.7 Å². The van der Waals surface area contributed by atoms with Crippen molar-refractivity contribution in [2.75, 3.05) is 0 Å². The molecule has 0 radical (unpaired) electrons. The highest BCUT2D eigenvalue weighted by Gasteiger charge is 2.25. The van der Waals surface area contributed by atoms with Gasteiger partial charge in [0.15, 0.2) is 5.78 Å². The van der Waals surface area contributed by atoms with Crippen LogP contribution in [0.1, 0.15) is 40.9 Å². The minimum atomic E-state index is -0.340. The number of carbonyl (C=O) groups excluding carboxylic acids is 1. The minimum absolute atomic E-state index is 0.125. The van der Waals surface area contributed by atoms with Gasteiger partial charge in [-0.25, -0.2) is 9.37 Å². The lowest BCUT2D eigenvalue weighted by molar-refractivity contribution is 0.0975. The van der Waals surface area contributed by atoms with Gasteiger partial charge in [0.05, 0.1) is 5.56 Å². The SMILES string of the molecule is Cc1onc(-c2cccc(F)c2)c1COc1ccc(C(=O)CC2CC2)cn1. The molecule has 27 heavy (non-hydrogen) atoms. The number of ketones is 1. The summed E-state index contributed by atoms with van der Waals surface area (Å²) in [4.78, 5) is 16.3. The predicted molar refractivity (Wildman–Crippen MR) is 96.9 cm³/mol. The third-order valence-corrected chi connectivity index (χ3v) is 4.68. The van der Waals surface area contributed by atoms with Crippen molar-refractivity contribution in [1.82, 2.24) is 10.1 Å². The Kier molecular flexibility index (Phi) is 4.71. The maximum atomic E-state index is 13.5. The maximum absolute atomic E-state index is 13.5. The molecule has 1 aliphatic rings. The van der Waals surface area contributed by atoms with E-state index in [4.69, 9.17) is 9.26 Å². The molecular weight excluding hydrogens is 347 g/mol. The van der Waals surface area contributed by atoms with Crippen molar-refractivity contribution in [3.63, 3.8) is 0 Å². The van der Waals surface area contributed by atoms with Crippen molar-refractivity contribution < 1.29 is 18.4 Å². The molecule has 0 bridgehead atoms. The molecule has 5 nitrogen and oxygen atoms in total. The number of aromatic nitrogens is 2. The van der Waals surface area contributed by atoms with Gasteiger partial charge in [0.1, 0.15) is 23.9 Å². The summed E-state index contributed by atoms with van der Waals surface area (Å²) in [6.45, 7) is 1.96. The first-order valence-electron chi connectivity index (χ1n) is 8.93. The van der Waals surface area contributed by atoms with Crippen molar-refractivity contribution in [2.45, 2.75) is 32.8 Å². The van der Waals surface area contributed by atoms with Crippen molar-refractivity contribution in [3.05, 3.63) is 65.3 Å². The normalized spacial score (nSPS) is 13.6. The molecule has 2 aromatic heterocycles. The van der Waals surface area contributed by atoms with Gasteiger partial charge in [0.25, 0.3) is 0 Å². The van der Waals surface area contributed by atoms with Crippen LogP contribution in [-0.4, -0.2) is 15.9 Å². The first-order valence-corrected chi connectivity index (χ1v) is 8.93. The van der Waals surface area contributed by atoms with E-state index in [-0.39, 0.29) is 18.2 Å². The Bertz CT molecular complexity index is 962. The van der Waals surface area contributed by atoms with Crippen molar-refractivity contribution >= 4 is 5.78 Å². The van der Waals surface area contributed by atoms with Gasteiger partial charge in [-0.05, 0) is 43.9 Å². The van der Waals surface area contributed by atoms with E-state index in [0.717, 1.165) is 18.4 Å². The summed E-state index contributed by atoms with van der Waals surface area (Å²) >= 11 is 0. The van der Waals surface area contributed by atoms with Crippen LogP contribution >= 0.6 is 0 Å². The average Bonchev–Trinajstić information content (AvgIpc) is 3.41. The van der Waals surface area contributed by atoms with Gasteiger partial charge < -0.3 is 9.26 Å². The van der Waals surface area contributed by atoms with Crippen LogP contribution < -0.4 is 4.74 Å². The molecule has 138 valence electrons. The molecule has 0 N–H and O–H groups in total. The van der Waals surface area contributed by atoms with E-state index in [1.807, 2.05) is 0 Å². The monoisotopic (exact) mass is 366 g/mol. The molecule has 1 saturated carbocycles. The number of nitrogens with zero attached hydrogens (tertiary/aromatic N) is 2. The minimum Gasteiger partial charge on any atom is -0.473 e. The molecule has 6 heteroatoms. The quantitative estimate of drug-likeness (QED) is 0.565. The molecule has 0 unspecified atom stereocenters. The molecule has 1 fully saturated rings. The number of carbonyl (C=O) groups is 1. The Labute approximate surface area is 156 Å². The number of aryl methyl sites for hydroxylation is 1. The van der Waals surface area contributed by atoms with Crippen molar-refractivity contribution in [1.29, 1.82) is 0 Å². The summed E-state index contributed by atoms with van der Waals surface area (Å²) in [5.74, 6) is 1.34. The first-order chi connectivity index (χ1) is 13.1. The van der Waals surface area contributed by atoms with Gasteiger partial charge in [-0.1, -0.05) is 17.3 Å². The van der Waals surface area contributed by atoms with Crippen LogP contribution in [0.5, 0.6) is 5.88 Å². The molecular formula is C21H19FN2O3. The zero-order valence-electron chi connectivity index (χ0n) is 14.9. The second kappa shape index (κ2) is 7.31. The summed E-state index contributed by atoms with van der Waals surface area (Å²) in [7, 11) is 0. The van der Waals surface area contributed by atoms with Crippen LogP contribution in [0.4, 0.5) is 4.39 Å². The fourth-order valence-corrected chi connectivity index (χ4v) is 2.90. The fraction of sp³-hybridized carbons (Fsp3) is 0.286. The van der Waals surface area contributed by atoms with Gasteiger partial charge in [0.2, 0.25) is 5.88 Å². The molecule has 0 atom stereocenters. The largest absolute Gasteiger partial charge is 0.473 e. The molecule has 0 aliphatic heterocycles.